The molecule has 1 aliphatic rings. The molecule has 6 nitrogen and oxygen atoms in total. The van der Waals surface area contributed by atoms with Crippen molar-refractivity contribution in [2.75, 3.05) is 18.4 Å². The molecule has 0 unspecified atom stereocenters. The lowest BCUT2D eigenvalue weighted by Crippen LogP contribution is -2.40. The van der Waals surface area contributed by atoms with E-state index in [1.54, 1.807) is 4.90 Å². The fourth-order valence-corrected chi connectivity index (χ4v) is 2.49. The third-order valence-corrected chi connectivity index (χ3v) is 3.99. The zero-order valence-electron chi connectivity index (χ0n) is 13.5. The molecule has 0 atom stereocenters. The normalized spacial score (nSPS) is 16.4. The number of likely N-dealkylation sites (tertiary alicyclic amines) is 1. The van der Waals surface area contributed by atoms with Crippen LogP contribution in [-0.2, 0) is 15.0 Å². The molecule has 0 saturated carbocycles. The molecule has 0 aliphatic carbocycles. The van der Waals surface area contributed by atoms with E-state index < -0.39 is 0 Å². The Bertz CT molecular complexity index is 563. The van der Waals surface area contributed by atoms with Crippen LogP contribution in [0.4, 0.5) is 5.82 Å². The first-order valence-corrected chi connectivity index (χ1v) is 7.59. The molecule has 22 heavy (non-hydrogen) atoms. The van der Waals surface area contributed by atoms with Crippen LogP contribution >= 0.6 is 0 Å². The number of hydrogen-bond acceptors (Lipinski definition) is 3. The first-order chi connectivity index (χ1) is 10.3. The van der Waals surface area contributed by atoms with Crippen molar-refractivity contribution in [1.29, 1.82) is 0 Å². The van der Waals surface area contributed by atoms with E-state index in [1.807, 2.05) is 6.07 Å². The molecule has 0 radical (unpaired) electrons. The third-order valence-electron chi connectivity index (χ3n) is 3.99. The highest BCUT2D eigenvalue weighted by Gasteiger charge is 2.27. The number of anilines is 1. The molecule has 2 heterocycles. The average molecular weight is 304 g/mol. The number of carbonyl (C=O) groups excluding carboxylic acids is 2. The fraction of sp³-hybridized carbons (Fsp3) is 0.562. The number of rotatable bonds is 3. The van der Waals surface area contributed by atoms with Crippen LogP contribution in [0.15, 0.2) is 18.7 Å². The van der Waals surface area contributed by atoms with Crippen molar-refractivity contribution in [2.45, 2.75) is 39.0 Å². The van der Waals surface area contributed by atoms with Crippen LogP contribution < -0.4 is 5.32 Å². The van der Waals surface area contributed by atoms with E-state index in [-0.39, 0.29) is 23.1 Å². The van der Waals surface area contributed by atoms with E-state index in [0.717, 1.165) is 5.69 Å². The smallest absolute Gasteiger partial charge is 0.245 e. The van der Waals surface area contributed by atoms with Crippen molar-refractivity contribution < 1.29 is 9.59 Å². The monoisotopic (exact) mass is 304 g/mol. The highest BCUT2D eigenvalue weighted by molar-refractivity contribution is 5.92. The van der Waals surface area contributed by atoms with Gasteiger partial charge in [-0.15, -0.1) is 0 Å². The van der Waals surface area contributed by atoms with E-state index in [4.69, 9.17) is 0 Å². The summed E-state index contributed by atoms with van der Waals surface area (Å²) in [6.45, 7) is 10.9. The van der Waals surface area contributed by atoms with Gasteiger partial charge >= 0.3 is 0 Å². The van der Waals surface area contributed by atoms with Crippen molar-refractivity contribution >= 4 is 17.6 Å². The lowest BCUT2D eigenvalue weighted by Gasteiger charge is -2.30. The number of aromatic amines is 1. The Kier molecular flexibility index (Phi) is 4.68. The van der Waals surface area contributed by atoms with Gasteiger partial charge in [-0.05, 0) is 18.9 Å². The summed E-state index contributed by atoms with van der Waals surface area (Å²) in [7, 11) is 0. The minimum absolute atomic E-state index is 0.0299. The molecular formula is C16H24N4O2. The van der Waals surface area contributed by atoms with Gasteiger partial charge in [0.05, 0.1) is 0 Å². The second-order valence-corrected chi connectivity index (χ2v) is 6.71. The quantitative estimate of drug-likeness (QED) is 0.839. The van der Waals surface area contributed by atoms with Crippen LogP contribution in [0.1, 0.15) is 39.3 Å². The van der Waals surface area contributed by atoms with Crippen LogP contribution in [0.25, 0.3) is 0 Å². The lowest BCUT2D eigenvalue weighted by molar-refractivity contribution is -0.130. The number of H-pyrrole nitrogens is 1. The van der Waals surface area contributed by atoms with Gasteiger partial charge in [-0.25, -0.2) is 0 Å². The molecule has 1 aliphatic heterocycles. The number of amides is 2. The Hall–Kier alpha value is -2.11. The Labute approximate surface area is 131 Å². The van der Waals surface area contributed by atoms with Gasteiger partial charge < -0.3 is 10.2 Å². The lowest BCUT2D eigenvalue weighted by atomic mass is 9.92. The molecular weight excluding hydrogens is 280 g/mol. The molecule has 6 heteroatoms. The number of nitrogens with one attached hydrogen (secondary N) is 2. The maximum Gasteiger partial charge on any atom is 0.245 e. The Morgan fingerprint density at radius 1 is 1.41 bits per heavy atom. The predicted octanol–water partition coefficient (Wildman–Crippen LogP) is 2.07. The average Bonchev–Trinajstić information content (AvgIpc) is 2.95. The second kappa shape index (κ2) is 6.34. The van der Waals surface area contributed by atoms with Gasteiger partial charge in [-0.1, -0.05) is 27.4 Å². The molecule has 2 N–H and O–H groups in total. The Balaban J connectivity index is 1.90. The minimum atomic E-state index is -0.0800. The molecule has 2 amide bonds. The summed E-state index contributed by atoms with van der Waals surface area (Å²) in [5.74, 6) is 0.377. The van der Waals surface area contributed by atoms with Crippen molar-refractivity contribution in [3.63, 3.8) is 0 Å². The summed E-state index contributed by atoms with van der Waals surface area (Å²) in [5, 5.41) is 9.95. The van der Waals surface area contributed by atoms with Gasteiger partial charge in [0.15, 0.2) is 5.82 Å². The molecule has 2 rings (SSSR count). The SMILES string of the molecule is C=CC(=O)N1CCC(C(=O)Nc2cc(C(C)(C)C)[nH]n2)CC1. The summed E-state index contributed by atoms with van der Waals surface area (Å²) >= 11 is 0. The van der Waals surface area contributed by atoms with E-state index in [2.05, 4.69) is 42.9 Å². The Morgan fingerprint density at radius 2 is 2.05 bits per heavy atom. The molecule has 1 aromatic heterocycles. The van der Waals surface area contributed by atoms with Gasteiger partial charge in [-0.3, -0.25) is 14.7 Å². The third kappa shape index (κ3) is 3.75. The van der Waals surface area contributed by atoms with E-state index >= 15 is 0 Å². The predicted molar refractivity (Wildman–Crippen MR) is 85.4 cm³/mol. The van der Waals surface area contributed by atoms with Gasteiger partial charge in [0.25, 0.3) is 0 Å². The number of carbonyl (C=O) groups is 2. The minimum Gasteiger partial charge on any atom is -0.339 e. The van der Waals surface area contributed by atoms with Crippen molar-refractivity contribution in [3.8, 4) is 0 Å². The zero-order chi connectivity index (χ0) is 16.3. The molecule has 0 bridgehead atoms. The largest absolute Gasteiger partial charge is 0.339 e. The number of aromatic nitrogens is 2. The van der Waals surface area contributed by atoms with Gasteiger partial charge in [-0.2, -0.15) is 5.10 Å². The summed E-state index contributed by atoms with van der Waals surface area (Å²) < 4.78 is 0. The highest BCUT2D eigenvalue weighted by atomic mass is 16.2. The maximum absolute atomic E-state index is 12.3. The first kappa shape index (κ1) is 16.3. The molecule has 1 saturated heterocycles. The topological polar surface area (TPSA) is 78.1 Å². The number of nitrogens with zero attached hydrogens (tertiary/aromatic N) is 2. The maximum atomic E-state index is 12.3. The van der Waals surface area contributed by atoms with Gasteiger partial charge in [0.1, 0.15) is 0 Å². The van der Waals surface area contributed by atoms with Crippen LogP contribution in [0.2, 0.25) is 0 Å². The zero-order valence-corrected chi connectivity index (χ0v) is 13.5. The van der Waals surface area contributed by atoms with Crippen molar-refractivity contribution in [1.82, 2.24) is 15.1 Å². The summed E-state index contributed by atoms with van der Waals surface area (Å²) in [5.41, 5.74) is 0.945. The van der Waals surface area contributed by atoms with Gasteiger partial charge in [0.2, 0.25) is 11.8 Å². The van der Waals surface area contributed by atoms with E-state index in [0.29, 0.717) is 31.7 Å². The summed E-state index contributed by atoms with van der Waals surface area (Å²) in [4.78, 5) is 25.5. The van der Waals surface area contributed by atoms with Crippen LogP contribution in [0, 0.1) is 5.92 Å². The number of piperidine rings is 1. The fourth-order valence-electron chi connectivity index (χ4n) is 2.49. The second-order valence-electron chi connectivity index (χ2n) is 6.71. The standard InChI is InChI=1S/C16H24N4O2/c1-5-14(21)20-8-6-11(7-9-20)15(22)17-13-10-12(18-19-13)16(2,3)4/h5,10-11H,1,6-9H2,2-4H3,(H2,17,18,19,22). The highest BCUT2D eigenvalue weighted by Crippen LogP contribution is 2.23. The number of hydrogen-bond donors (Lipinski definition) is 2. The molecule has 120 valence electrons. The van der Waals surface area contributed by atoms with Crippen LogP contribution in [-0.4, -0.2) is 40.0 Å². The van der Waals surface area contributed by atoms with Crippen LogP contribution in [0.3, 0.4) is 0 Å². The van der Waals surface area contributed by atoms with Crippen molar-refractivity contribution in [3.05, 3.63) is 24.4 Å². The summed E-state index contributed by atoms with van der Waals surface area (Å²) in [6, 6.07) is 1.87. The molecule has 0 aromatic carbocycles. The summed E-state index contributed by atoms with van der Waals surface area (Å²) in [6.07, 6.45) is 2.65. The van der Waals surface area contributed by atoms with Crippen LogP contribution in [0.5, 0.6) is 0 Å². The Morgan fingerprint density at radius 3 is 2.55 bits per heavy atom. The van der Waals surface area contributed by atoms with Crippen molar-refractivity contribution in [2.24, 2.45) is 5.92 Å². The van der Waals surface area contributed by atoms with Gasteiger partial charge in [0, 0.05) is 36.2 Å². The molecule has 0 spiro atoms. The molecule has 1 aromatic rings. The first-order valence-electron chi connectivity index (χ1n) is 7.59. The molecule has 1 fully saturated rings. The van der Waals surface area contributed by atoms with E-state index in [9.17, 15) is 9.59 Å². The van der Waals surface area contributed by atoms with E-state index in [1.165, 1.54) is 6.08 Å².